The summed E-state index contributed by atoms with van der Waals surface area (Å²) in [4.78, 5) is 12.6. The molecule has 360 valence electrons. The maximum atomic E-state index is 12.6. The number of amides is 1. The third-order valence-corrected chi connectivity index (χ3v) is 12.6. The summed E-state index contributed by atoms with van der Waals surface area (Å²) in [5, 5.41) is 43.9. The van der Waals surface area contributed by atoms with Gasteiger partial charge in [0, 0.05) is 0 Å². The third-order valence-electron chi connectivity index (χ3n) is 12.6. The van der Waals surface area contributed by atoms with Gasteiger partial charge in [-0.25, -0.2) is 0 Å². The Morgan fingerprint density at radius 1 is 0.393 bits per heavy atom. The Balaban J connectivity index is 3.70. The van der Waals surface area contributed by atoms with Crippen molar-refractivity contribution in [2.24, 2.45) is 0 Å². The van der Waals surface area contributed by atoms with Gasteiger partial charge in [-0.3, -0.25) is 4.79 Å². The summed E-state index contributed by atoms with van der Waals surface area (Å²) in [6.07, 6.45) is 60.6. The van der Waals surface area contributed by atoms with Gasteiger partial charge < -0.3 is 25.7 Å². The number of hydrogen-bond acceptors (Lipinski definition) is 5. The molecule has 61 heavy (non-hydrogen) atoms. The molecule has 0 aromatic rings. The highest BCUT2D eigenvalue weighted by molar-refractivity contribution is 5.80. The van der Waals surface area contributed by atoms with Crippen LogP contribution in [-0.4, -0.2) is 57.3 Å². The Kier molecular flexibility index (Phi) is 48.3. The SMILES string of the molecule is CCCCCCCCCC/C=C/CC/C=C/CC/C=C/CCCC(O)C(O)C(CO)NC(=O)C(O)CCCCCCCCCCCCCCCCCCCCCCCCCC. The number of unbranched alkanes of at least 4 members (excludes halogenated alkanes) is 34. The van der Waals surface area contributed by atoms with E-state index in [0.717, 1.165) is 51.4 Å². The molecule has 0 radical (unpaired) electrons. The fourth-order valence-electron chi connectivity index (χ4n) is 8.32. The molecule has 0 aliphatic rings. The van der Waals surface area contributed by atoms with Gasteiger partial charge in [-0.05, 0) is 64.2 Å². The molecular weight excluding hydrogens is 755 g/mol. The van der Waals surface area contributed by atoms with E-state index in [1.807, 2.05) is 0 Å². The molecular formula is C55H105NO5. The van der Waals surface area contributed by atoms with E-state index in [4.69, 9.17) is 0 Å². The van der Waals surface area contributed by atoms with Crippen molar-refractivity contribution in [2.75, 3.05) is 6.61 Å². The van der Waals surface area contributed by atoms with Crippen LogP contribution in [0, 0.1) is 0 Å². The lowest BCUT2D eigenvalue weighted by Crippen LogP contribution is -2.53. The second-order valence-corrected chi connectivity index (χ2v) is 18.6. The first-order chi connectivity index (χ1) is 30.0. The smallest absolute Gasteiger partial charge is 0.249 e. The minimum atomic E-state index is -1.29. The molecule has 0 fully saturated rings. The normalized spacial score (nSPS) is 14.1. The predicted molar refractivity (Wildman–Crippen MR) is 265 cm³/mol. The first-order valence-corrected chi connectivity index (χ1v) is 26.9. The van der Waals surface area contributed by atoms with Crippen LogP contribution in [-0.2, 0) is 4.79 Å². The lowest BCUT2D eigenvalue weighted by molar-refractivity contribution is -0.132. The van der Waals surface area contributed by atoms with Crippen LogP contribution in [0.2, 0.25) is 0 Å². The zero-order chi connectivity index (χ0) is 44.5. The number of aliphatic hydroxyl groups is 4. The van der Waals surface area contributed by atoms with Crippen LogP contribution in [0.3, 0.4) is 0 Å². The van der Waals surface area contributed by atoms with Gasteiger partial charge in [0.2, 0.25) is 5.91 Å². The molecule has 0 aliphatic heterocycles. The zero-order valence-electron chi connectivity index (χ0n) is 40.7. The van der Waals surface area contributed by atoms with Crippen LogP contribution in [0.5, 0.6) is 0 Å². The molecule has 6 nitrogen and oxygen atoms in total. The van der Waals surface area contributed by atoms with Gasteiger partial charge in [0.25, 0.3) is 0 Å². The highest BCUT2D eigenvalue weighted by Crippen LogP contribution is 2.17. The molecule has 6 heteroatoms. The summed E-state index contributed by atoms with van der Waals surface area (Å²) in [7, 11) is 0. The van der Waals surface area contributed by atoms with Gasteiger partial charge >= 0.3 is 0 Å². The average Bonchev–Trinajstić information content (AvgIpc) is 3.26. The van der Waals surface area contributed by atoms with Crippen molar-refractivity contribution in [1.29, 1.82) is 0 Å². The molecule has 0 rings (SSSR count). The molecule has 0 aliphatic carbocycles. The Labute approximate surface area is 379 Å². The number of nitrogens with one attached hydrogen (secondary N) is 1. The van der Waals surface area contributed by atoms with Gasteiger partial charge in [-0.2, -0.15) is 0 Å². The third kappa shape index (κ3) is 43.6. The molecule has 0 aromatic carbocycles. The molecule has 0 bridgehead atoms. The van der Waals surface area contributed by atoms with Crippen molar-refractivity contribution < 1.29 is 25.2 Å². The molecule has 0 spiro atoms. The van der Waals surface area contributed by atoms with Gasteiger partial charge in [-0.1, -0.05) is 249 Å². The number of carbonyl (C=O) groups is 1. The Hall–Kier alpha value is -1.47. The number of hydrogen-bond donors (Lipinski definition) is 5. The van der Waals surface area contributed by atoms with Crippen molar-refractivity contribution in [3.8, 4) is 0 Å². The van der Waals surface area contributed by atoms with Crippen molar-refractivity contribution in [3.05, 3.63) is 36.5 Å². The van der Waals surface area contributed by atoms with Crippen molar-refractivity contribution in [2.45, 2.75) is 301 Å². The molecule has 1 amide bonds. The number of allylic oxidation sites excluding steroid dienone is 6. The fourth-order valence-corrected chi connectivity index (χ4v) is 8.32. The monoisotopic (exact) mass is 860 g/mol. The second kappa shape index (κ2) is 49.5. The maximum Gasteiger partial charge on any atom is 0.249 e. The van der Waals surface area contributed by atoms with E-state index in [-0.39, 0.29) is 0 Å². The largest absolute Gasteiger partial charge is 0.394 e. The van der Waals surface area contributed by atoms with Crippen LogP contribution < -0.4 is 5.32 Å². The van der Waals surface area contributed by atoms with E-state index >= 15 is 0 Å². The molecule has 0 saturated carbocycles. The highest BCUT2D eigenvalue weighted by Gasteiger charge is 2.28. The molecule has 4 atom stereocenters. The average molecular weight is 860 g/mol. The summed E-state index contributed by atoms with van der Waals surface area (Å²) in [6, 6.07) is -1.01. The molecule has 4 unspecified atom stereocenters. The van der Waals surface area contributed by atoms with E-state index < -0.39 is 36.9 Å². The van der Waals surface area contributed by atoms with Gasteiger partial charge in [0.1, 0.15) is 12.2 Å². The summed E-state index contributed by atoms with van der Waals surface area (Å²) in [6.45, 7) is 4.06. The minimum absolute atomic E-state index is 0.362. The quantitative estimate of drug-likeness (QED) is 0.0309. The van der Waals surface area contributed by atoms with E-state index in [9.17, 15) is 25.2 Å². The van der Waals surface area contributed by atoms with E-state index in [0.29, 0.717) is 19.3 Å². The molecule has 0 aromatic heterocycles. The number of aliphatic hydroxyl groups excluding tert-OH is 4. The molecule has 0 saturated heterocycles. The standard InChI is InChI=1S/C55H105NO5/c1-3-5-7-9-11-13-15-17-19-21-23-25-26-27-29-31-33-35-37-39-41-43-45-47-49-53(59)55(61)56-51(50-57)54(60)52(58)48-46-44-42-40-38-36-34-32-30-28-24-22-20-18-16-14-12-10-8-6-4-2/h22,24,32,34,40,42,51-54,57-60H,3-21,23,25-31,33,35-39,41,43-50H2,1-2H3,(H,56,61)/b24-22+,34-32+,42-40+. The lowest BCUT2D eigenvalue weighted by atomic mass is 10.00. The summed E-state index contributed by atoms with van der Waals surface area (Å²) in [5.74, 6) is -0.595. The Bertz CT molecular complexity index is 966. The topological polar surface area (TPSA) is 110 Å². The van der Waals surface area contributed by atoms with Gasteiger partial charge in [0.05, 0.1) is 18.8 Å². The Morgan fingerprint density at radius 3 is 1.03 bits per heavy atom. The van der Waals surface area contributed by atoms with Crippen LogP contribution in [0.4, 0.5) is 0 Å². The highest BCUT2D eigenvalue weighted by atomic mass is 16.3. The van der Waals surface area contributed by atoms with E-state index in [2.05, 4.69) is 55.6 Å². The molecule has 0 heterocycles. The number of carbonyl (C=O) groups excluding carboxylic acids is 1. The van der Waals surface area contributed by atoms with Crippen molar-refractivity contribution in [3.63, 3.8) is 0 Å². The summed E-state index contributed by atoms with van der Waals surface area (Å²) in [5.41, 5.74) is 0. The predicted octanol–water partition coefficient (Wildman–Crippen LogP) is 15.2. The van der Waals surface area contributed by atoms with Crippen LogP contribution in [0.25, 0.3) is 0 Å². The van der Waals surface area contributed by atoms with E-state index in [1.54, 1.807) is 0 Å². The first-order valence-electron chi connectivity index (χ1n) is 26.9. The zero-order valence-corrected chi connectivity index (χ0v) is 40.7. The minimum Gasteiger partial charge on any atom is -0.394 e. The summed E-state index contributed by atoms with van der Waals surface area (Å²) >= 11 is 0. The maximum absolute atomic E-state index is 12.6. The van der Waals surface area contributed by atoms with Gasteiger partial charge in [0.15, 0.2) is 0 Å². The van der Waals surface area contributed by atoms with E-state index in [1.165, 1.54) is 193 Å². The van der Waals surface area contributed by atoms with Crippen LogP contribution in [0.1, 0.15) is 277 Å². The Morgan fingerprint density at radius 2 is 0.689 bits per heavy atom. The second-order valence-electron chi connectivity index (χ2n) is 18.6. The molecule has 5 N–H and O–H groups in total. The van der Waals surface area contributed by atoms with Gasteiger partial charge in [-0.15, -0.1) is 0 Å². The van der Waals surface area contributed by atoms with Crippen molar-refractivity contribution in [1.82, 2.24) is 5.32 Å². The fraction of sp³-hybridized carbons (Fsp3) is 0.873. The van der Waals surface area contributed by atoms with Crippen LogP contribution in [0.15, 0.2) is 36.5 Å². The number of rotatable bonds is 49. The van der Waals surface area contributed by atoms with Crippen LogP contribution >= 0.6 is 0 Å². The first kappa shape index (κ1) is 59.5. The lowest BCUT2D eigenvalue weighted by Gasteiger charge is -2.27. The summed E-state index contributed by atoms with van der Waals surface area (Å²) < 4.78 is 0. The van der Waals surface area contributed by atoms with Crippen molar-refractivity contribution >= 4 is 5.91 Å².